The van der Waals surface area contributed by atoms with Crippen molar-refractivity contribution >= 4 is 17.1 Å². The number of aryl methyl sites for hydroxylation is 2. The minimum Gasteiger partial charge on any atom is -0.350 e. The number of hydrogen-bond acceptors (Lipinski definition) is 5. The highest BCUT2D eigenvalue weighted by Gasteiger charge is 2.20. The highest BCUT2D eigenvalue weighted by atomic mass is 16.2. The molecule has 1 fully saturated rings. The van der Waals surface area contributed by atoms with Gasteiger partial charge in [0.1, 0.15) is 5.52 Å². The largest absolute Gasteiger partial charge is 0.350 e. The Labute approximate surface area is 162 Å². The fourth-order valence-electron chi connectivity index (χ4n) is 3.92. The smallest absolute Gasteiger partial charge is 0.348 e. The molecule has 28 heavy (non-hydrogen) atoms. The van der Waals surface area contributed by atoms with Crippen LogP contribution in [-0.2, 0) is 6.54 Å². The second kappa shape index (κ2) is 7.53. The van der Waals surface area contributed by atoms with Crippen LogP contribution in [0.2, 0.25) is 0 Å². The third kappa shape index (κ3) is 3.54. The van der Waals surface area contributed by atoms with E-state index in [4.69, 9.17) is 0 Å². The number of hydrogen-bond donors (Lipinski definition) is 1. The van der Waals surface area contributed by atoms with Crippen LogP contribution in [0, 0.1) is 13.8 Å². The molecule has 0 bridgehead atoms. The van der Waals surface area contributed by atoms with Crippen molar-refractivity contribution < 1.29 is 4.79 Å². The van der Waals surface area contributed by atoms with Crippen LogP contribution in [0.15, 0.2) is 29.5 Å². The van der Waals surface area contributed by atoms with Crippen molar-refractivity contribution in [2.45, 2.75) is 52.1 Å². The van der Waals surface area contributed by atoms with Gasteiger partial charge >= 0.3 is 5.69 Å². The first-order valence-electron chi connectivity index (χ1n) is 9.69. The Morgan fingerprint density at radius 3 is 2.75 bits per heavy atom. The van der Waals surface area contributed by atoms with E-state index < -0.39 is 0 Å². The highest BCUT2D eigenvalue weighted by Crippen LogP contribution is 2.31. The van der Waals surface area contributed by atoms with E-state index in [0.717, 1.165) is 29.7 Å². The molecule has 0 atom stereocenters. The number of imidazole rings is 1. The number of carbonyl (C=O) groups excluding carboxylic acids is 1. The molecule has 0 saturated heterocycles. The number of rotatable bonds is 5. The van der Waals surface area contributed by atoms with Gasteiger partial charge in [-0.1, -0.05) is 12.8 Å². The molecule has 8 heteroatoms. The van der Waals surface area contributed by atoms with Gasteiger partial charge in [-0.15, -0.1) is 0 Å². The Hall–Kier alpha value is -3.03. The van der Waals surface area contributed by atoms with Gasteiger partial charge in [-0.25, -0.2) is 14.8 Å². The molecule has 146 valence electrons. The predicted octanol–water partition coefficient (Wildman–Crippen LogP) is 2.15. The lowest BCUT2D eigenvalue weighted by atomic mass is 10.2. The van der Waals surface area contributed by atoms with Crippen molar-refractivity contribution in [2.24, 2.45) is 0 Å². The molecule has 1 N–H and O–H groups in total. The number of fused-ring (bicyclic) bond motifs is 1. The first-order valence-corrected chi connectivity index (χ1v) is 9.69. The van der Waals surface area contributed by atoms with Gasteiger partial charge in [-0.3, -0.25) is 9.36 Å². The third-order valence-corrected chi connectivity index (χ3v) is 5.36. The minimum absolute atomic E-state index is 0.226. The molecule has 0 aliphatic heterocycles. The van der Waals surface area contributed by atoms with Gasteiger partial charge < -0.3 is 9.88 Å². The number of pyridine rings is 1. The number of carbonyl (C=O) groups is 1. The molecule has 1 saturated carbocycles. The van der Waals surface area contributed by atoms with Crippen LogP contribution >= 0.6 is 0 Å². The summed E-state index contributed by atoms with van der Waals surface area (Å²) < 4.78 is 3.68. The summed E-state index contributed by atoms with van der Waals surface area (Å²) >= 11 is 0. The lowest BCUT2D eigenvalue weighted by molar-refractivity contribution is 0.0952. The maximum atomic E-state index is 12.5. The molecule has 3 aromatic heterocycles. The second-order valence-electron chi connectivity index (χ2n) is 7.39. The van der Waals surface area contributed by atoms with Gasteiger partial charge in [0, 0.05) is 36.7 Å². The van der Waals surface area contributed by atoms with Crippen LogP contribution < -0.4 is 11.0 Å². The molecule has 0 unspecified atom stereocenters. The monoisotopic (exact) mass is 380 g/mol. The van der Waals surface area contributed by atoms with Crippen LogP contribution in [0.4, 0.5) is 0 Å². The molecule has 1 amide bonds. The summed E-state index contributed by atoms with van der Waals surface area (Å²) in [7, 11) is 0. The molecule has 0 radical (unpaired) electrons. The minimum atomic E-state index is -0.299. The van der Waals surface area contributed by atoms with Crippen LogP contribution in [0.3, 0.4) is 0 Å². The fourth-order valence-corrected chi connectivity index (χ4v) is 3.92. The van der Waals surface area contributed by atoms with Crippen molar-refractivity contribution in [2.75, 3.05) is 6.54 Å². The number of aromatic nitrogens is 5. The SMILES string of the molecule is Cc1cc(C)n(CCNC(=O)c2cnc3c(c2)ncn3C2CCCC2)c(=O)n1. The summed E-state index contributed by atoms with van der Waals surface area (Å²) in [5, 5.41) is 2.84. The van der Waals surface area contributed by atoms with Gasteiger partial charge in [-0.2, -0.15) is 4.98 Å². The molecular formula is C20H24N6O2. The molecule has 0 aromatic carbocycles. The van der Waals surface area contributed by atoms with Gasteiger partial charge in [0.25, 0.3) is 5.91 Å². The highest BCUT2D eigenvalue weighted by molar-refractivity contribution is 5.96. The lowest BCUT2D eigenvalue weighted by Gasteiger charge is -2.12. The van der Waals surface area contributed by atoms with E-state index in [1.807, 2.05) is 19.3 Å². The van der Waals surface area contributed by atoms with E-state index in [1.54, 1.807) is 23.8 Å². The van der Waals surface area contributed by atoms with E-state index in [9.17, 15) is 9.59 Å². The van der Waals surface area contributed by atoms with Gasteiger partial charge in [0.15, 0.2) is 5.65 Å². The average Bonchev–Trinajstić information content (AvgIpc) is 3.32. The first-order chi connectivity index (χ1) is 13.5. The van der Waals surface area contributed by atoms with Crippen LogP contribution in [0.5, 0.6) is 0 Å². The zero-order valence-electron chi connectivity index (χ0n) is 16.2. The van der Waals surface area contributed by atoms with Crippen molar-refractivity contribution in [1.29, 1.82) is 0 Å². The van der Waals surface area contributed by atoms with E-state index in [-0.39, 0.29) is 11.6 Å². The first kappa shape index (κ1) is 18.3. The van der Waals surface area contributed by atoms with Crippen molar-refractivity contribution in [3.63, 3.8) is 0 Å². The summed E-state index contributed by atoms with van der Waals surface area (Å²) in [6, 6.07) is 4.08. The van der Waals surface area contributed by atoms with E-state index in [1.165, 1.54) is 12.8 Å². The van der Waals surface area contributed by atoms with Crippen LogP contribution in [0.25, 0.3) is 11.2 Å². The Kier molecular flexibility index (Phi) is 4.93. The van der Waals surface area contributed by atoms with Gasteiger partial charge in [-0.05, 0) is 38.8 Å². The lowest BCUT2D eigenvalue weighted by Crippen LogP contribution is -2.33. The normalized spacial score (nSPS) is 14.6. The topological polar surface area (TPSA) is 94.7 Å². The molecule has 3 aromatic rings. The summed E-state index contributed by atoms with van der Waals surface area (Å²) in [6.45, 7) is 4.35. The van der Waals surface area contributed by atoms with Crippen LogP contribution in [-0.4, -0.2) is 36.5 Å². The van der Waals surface area contributed by atoms with Crippen molar-refractivity contribution in [3.05, 3.63) is 52.1 Å². The summed E-state index contributed by atoms with van der Waals surface area (Å²) in [4.78, 5) is 37.3. The molecule has 1 aliphatic rings. The summed E-state index contributed by atoms with van der Waals surface area (Å²) in [5.41, 5.74) is 3.25. The summed E-state index contributed by atoms with van der Waals surface area (Å²) in [6.07, 6.45) is 8.21. The van der Waals surface area contributed by atoms with E-state index in [0.29, 0.717) is 30.4 Å². The summed E-state index contributed by atoms with van der Waals surface area (Å²) in [5.74, 6) is -0.226. The second-order valence-corrected chi connectivity index (χ2v) is 7.39. The molecular weight excluding hydrogens is 356 g/mol. The molecule has 3 heterocycles. The maximum absolute atomic E-state index is 12.5. The quantitative estimate of drug-likeness (QED) is 0.732. The predicted molar refractivity (Wildman–Crippen MR) is 105 cm³/mol. The Morgan fingerprint density at radius 1 is 1.21 bits per heavy atom. The molecule has 4 rings (SSSR count). The standard InChI is InChI=1S/C20H24N6O2/c1-13-9-14(2)25(20(28)24-13)8-7-21-19(27)15-10-17-18(22-11-15)26(12-23-17)16-5-3-4-6-16/h9-12,16H,3-8H2,1-2H3,(H,21,27). The molecule has 0 spiro atoms. The van der Waals surface area contributed by atoms with E-state index >= 15 is 0 Å². The maximum Gasteiger partial charge on any atom is 0.348 e. The fraction of sp³-hybridized carbons (Fsp3) is 0.450. The Morgan fingerprint density at radius 2 is 2.00 bits per heavy atom. The number of nitrogens with zero attached hydrogens (tertiary/aromatic N) is 5. The van der Waals surface area contributed by atoms with Crippen molar-refractivity contribution in [3.8, 4) is 0 Å². The average molecular weight is 380 g/mol. The molecule has 1 aliphatic carbocycles. The number of amides is 1. The Bertz CT molecular complexity index is 1080. The number of nitrogens with one attached hydrogen (secondary N) is 1. The van der Waals surface area contributed by atoms with Crippen LogP contribution in [0.1, 0.15) is 53.5 Å². The Balaban J connectivity index is 1.44. The van der Waals surface area contributed by atoms with Crippen molar-refractivity contribution in [1.82, 2.24) is 29.4 Å². The molecule has 8 nitrogen and oxygen atoms in total. The zero-order valence-corrected chi connectivity index (χ0v) is 16.2. The van der Waals surface area contributed by atoms with Gasteiger partial charge in [0.05, 0.1) is 11.9 Å². The third-order valence-electron chi connectivity index (χ3n) is 5.36. The van der Waals surface area contributed by atoms with Gasteiger partial charge in [0.2, 0.25) is 0 Å². The van der Waals surface area contributed by atoms with E-state index in [2.05, 4.69) is 24.8 Å². The zero-order chi connectivity index (χ0) is 19.7.